The molecule has 6 nitrogen and oxygen atoms in total. The molecule has 1 aliphatic rings. The van der Waals surface area contributed by atoms with Gasteiger partial charge in [-0.2, -0.15) is 0 Å². The van der Waals surface area contributed by atoms with Crippen LogP contribution in [0.3, 0.4) is 0 Å². The number of carbonyl (C=O) groups excluding carboxylic acids is 1. The molecule has 1 fully saturated rings. The Morgan fingerprint density at radius 3 is 3.12 bits per heavy atom. The van der Waals surface area contributed by atoms with E-state index in [9.17, 15) is 4.79 Å². The van der Waals surface area contributed by atoms with Crippen molar-refractivity contribution in [2.45, 2.75) is 25.5 Å². The standard InChI is InChI=1S/C11H17N3O3/c15-11(13-7-9-3-6-17-14-9)8-16-10-1-4-12-5-2-10/h3,6,10,12H,1-2,4-5,7-8H2,(H,13,15). The molecule has 0 aliphatic carbocycles. The molecule has 1 saturated heterocycles. The van der Waals surface area contributed by atoms with E-state index in [0.717, 1.165) is 25.9 Å². The van der Waals surface area contributed by atoms with Crippen molar-refractivity contribution >= 4 is 5.91 Å². The van der Waals surface area contributed by atoms with Gasteiger partial charge >= 0.3 is 0 Å². The predicted octanol–water partition coefficient (Wildman–Crippen LogP) is 0.0594. The molecule has 1 amide bonds. The molecule has 0 aromatic carbocycles. The first-order valence-electron chi connectivity index (χ1n) is 5.83. The van der Waals surface area contributed by atoms with Crippen LogP contribution in [0.4, 0.5) is 0 Å². The number of aromatic nitrogens is 1. The maximum atomic E-state index is 11.5. The van der Waals surface area contributed by atoms with Gasteiger partial charge in [-0.05, 0) is 25.9 Å². The van der Waals surface area contributed by atoms with Gasteiger partial charge in [-0.15, -0.1) is 0 Å². The molecule has 2 N–H and O–H groups in total. The fourth-order valence-corrected chi connectivity index (χ4v) is 1.72. The highest BCUT2D eigenvalue weighted by molar-refractivity contribution is 5.77. The van der Waals surface area contributed by atoms with Gasteiger partial charge in [0.15, 0.2) is 0 Å². The van der Waals surface area contributed by atoms with Crippen molar-refractivity contribution < 1.29 is 14.1 Å². The number of hydrogen-bond acceptors (Lipinski definition) is 5. The van der Waals surface area contributed by atoms with Crippen molar-refractivity contribution in [2.75, 3.05) is 19.7 Å². The summed E-state index contributed by atoms with van der Waals surface area (Å²) >= 11 is 0. The van der Waals surface area contributed by atoms with Crippen LogP contribution in [0.25, 0.3) is 0 Å². The van der Waals surface area contributed by atoms with E-state index in [1.165, 1.54) is 6.26 Å². The smallest absolute Gasteiger partial charge is 0.246 e. The first kappa shape index (κ1) is 12.1. The lowest BCUT2D eigenvalue weighted by molar-refractivity contribution is -0.128. The van der Waals surface area contributed by atoms with Crippen LogP contribution in [0.15, 0.2) is 16.9 Å². The van der Waals surface area contributed by atoms with Crippen LogP contribution >= 0.6 is 0 Å². The molecule has 1 aromatic heterocycles. The average molecular weight is 239 g/mol. The molecule has 1 aromatic rings. The SMILES string of the molecule is O=C(COC1CCNCC1)NCc1ccon1. The molecular formula is C11H17N3O3. The minimum Gasteiger partial charge on any atom is -0.368 e. The summed E-state index contributed by atoms with van der Waals surface area (Å²) in [5.41, 5.74) is 0.709. The lowest BCUT2D eigenvalue weighted by atomic mass is 10.1. The van der Waals surface area contributed by atoms with Crippen LogP contribution < -0.4 is 10.6 Å². The highest BCUT2D eigenvalue weighted by Crippen LogP contribution is 2.06. The Bertz CT molecular complexity index is 334. The van der Waals surface area contributed by atoms with E-state index in [1.807, 2.05) is 0 Å². The third-order valence-electron chi connectivity index (χ3n) is 2.69. The number of rotatable bonds is 5. The van der Waals surface area contributed by atoms with Crippen LogP contribution in [0.1, 0.15) is 18.5 Å². The van der Waals surface area contributed by atoms with Crippen molar-refractivity contribution in [3.63, 3.8) is 0 Å². The van der Waals surface area contributed by atoms with E-state index >= 15 is 0 Å². The summed E-state index contributed by atoms with van der Waals surface area (Å²) in [6, 6.07) is 1.72. The van der Waals surface area contributed by atoms with Gasteiger partial charge in [-0.3, -0.25) is 4.79 Å². The highest BCUT2D eigenvalue weighted by atomic mass is 16.5. The molecule has 0 atom stereocenters. The molecule has 6 heteroatoms. The number of nitrogens with one attached hydrogen (secondary N) is 2. The summed E-state index contributed by atoms with van der Waals surface area (Å²) in [6.07, 6.45) is 3.62. The normalized spacial score (nSPS) is 16.9. The van der Waals surface area contributed by atoms with Crippen molar-refractivity contribution in [3.05, 3.63) is 18.0 Å². The molecule has 0 bridgehead atoms. The third-order valence-corrected chi connectivity index (χ3v) is 2.69. The number of nitrogens with zero attached hydrogens (tertiary/aromatic N) is 1. The van der Waals surface area contributed by atoms with Gasteiger partial charge in [0.1, 0.15) is 18.6 Å². The van der Waals surface area contributed by atoms with E-state index in [1.54, 1.807) is 6.07 Å². The molecular weight excluding hydrogens is 222 g/mol. The molecule has 94 valence electrons. The summed E-state index contributed by atoms with van der Waals surface area (Å²) < 4.78 is 10.2. The van der Waals surface area contributed by atoms with Crippen LogP contribution in [0.2, 0.25) is 0 Å². The first-order valence-corrected chi connectivity index (χ1v) is 5.83. The summed E-state index contributed by atoms with van der Waals surface area (Å²) in [7, 11) is 0. The first-order chi connectivity index (χ1) is 8.34. The molecule has 1 aliphatic heterocycles. The molecule has 0 radical (unpaired) electrons. The van der Waals surface area contributed by atoms with E-state index < -0.39 is 0 Å². The van der Waals surface area contributed by atoms with Crippen LogP contribution in [-0.2, 0) is 16.1 Å². The fourth-order valence-electron chi connectivity index (χ4n) is 1.72. The average Bonchev–Trinajstić information content (AvgIpc) is 2.88. The summed E-state index contributed by atoms with van der Waals surface area (Å²) in [4.78, 5) is 11.5. The van der Waals surface area contributed by atoms with Crippen molar-refractivity contribution in [2.24, 2.45) is 0 Å². The van der Waals surface area contributed by atoms with Crippen LogP contribution in [0, 0.1) is 0 Å². The second kappa shape index (κ2) is 6.36. The quantitative estimate of drug-likeness (QED) is 0.760. The number of ether oxygens (including phenoxy) is 1. The number of amides is 1. The minimum atomic E-state index is -0.119. The van der Waals surface area contributed by atoms with Gasteiger partial charge in [-0.25, -0.2) is 0 Å². The van der Waals surface area contributed by atoms with Gasteiger partial charge in [0.05, 0.1) is 12.6 Å². The summed E-state index contributed by atoms with van der Waals surface area (Å²) in [5, 5.41) is 9.67. The van der Waals surface area contributed by atoms with Crippen molar-refractivity contribution in [1.82, 2.24) is 15.8 Å². The second-order valence-corrected chi connectivity index (χ2v) is 4.03. The minimum absolute atomic E-state index is 0.114. The zero-order valence-electron chi connectivity index (χ0n) is 9.65. The van der Waals surface area contributed by atoms with E-state index in [2.05, 4.69) is 20.3 Å². The lowest BCUT2D eigenvalue weighted by Gasteiger charge is -2.22. The fraction of sp³-hybridized carbons (Fsp3) is 0.636. The number of hydrogen-bond donors (Lipinski definition) is 2. The summed E-state index contributed by atoms with van der Waals surface area (Å²) in [5.74, 6) is -0.119. The van der Waals surface area contributed by atoms with Crippen LogP contribution in [-0.4, -0.2) is 36.9 Å². The van der Waals surface area contributed by atoms with Gasteiger partial charge in [0.25, 0.3) is 0 Å². The molecule has 0 spiro atoms. The molecule has 2 rings (SSSR count). The molecule has 0 unspecified atom stereocenters. The number of carbonyl (C=O) groups is 1. The Balaban J connectivity index is 1.60. The third kappa shape index (κ3) is 4.16. The van der Waals surface area contributed by atoms with Gasteiger partial charge in [0.2, 0.25) is 5.91 Å². The Morgan fingerprint density at radius 1 is 1.59 bits per heavy atom. The lowest BCUT2D eigenvalue weighted by Crippen LogP contribution is -2.35. The van der Waals surface area contributed by atoms with Crippen molar-refractivity contribution in [1.29, 1.82) is 0 Å². The molecule has 2 heterocycles. The van der Waals surface area contributed by atoms with E-state index in [-0.39, 0.29) is 18.6 Å². The van der Waals surface area contributed by atoms with Crippen LogP contribution in [0.5, 0.6) is 0 Å². The Hall–Kier alpha value is -1.40. The largest absolute Gasteiger partial charge is 0.368 e. The zero-order valence-corrected chi connectivity index (χ0v) is 9.65. The van der Waals surface area contributed by atoms with Gasteiger partial charge in [0, 0.05) is 6.07 Å². The van der Waals surface area contributed by atoms with E-state index in [4.69, 9.17) is 4.74 Å². The summed E-state index contributed by atoms with van der Waals surface area (Å²) in [6.45, 7) is 2.42. The molecule has 0 saturated carbocycles. The Morgan fingerprint density at radius 2 is 2.41 bits per heavy atom. The van der Waals surface area contributed by atoms with E-state index in [0.29, 0.717) is 12.2 Å². The highest BCUT2D eigenvalue weighted by Gasteiger charge is 2.14. The van der Waals surface area contributed by atoms with Gasteiger partial charge < -0.3 is 19.9 Å². The second-order valence-electron chi connectivity index (χ2n) is 4.03. The monoisotopic (exact) mass is 239 g/mol. The van der Waals surface area contributed by atoms with Gasteiger partial charge in [-0.1, -0.05) is 5.16 Å². The Labute approximate surface area is 99.7 Å². The topological polar surface area (TPSA) is 76.4 Å². The molecule has 17 heavy (non-hydrogen) atoms. The zero-order chi connectivity index (χ0) is 11.9. The maximum Gasteiger partial charge on any atom is 0.246 e. The maximum absolute atomic E-state index is 11.5. The van der Waals surface area contributed by atoms with Crippen molar-refractivity contribution in [3.8, 4) is 0 Å². The number of piperidine rings is 1. The Kier molecular flexibility index (Phi) is 4.52. The predicted molar refractivity (Wildman–Crippen MR) is 60.2 cm³/mol.